The zero-order valence-electron chi connectivity index (χ0n) is 19.1. The minimum atomic E-state index is -4.87. The van der Waals surface area contributed by atoms with E-state index in [2.05, 4.69) is 19.9 Å². The third-order valence-corrected chi connectivity index (χ3v) is 9.27. The fourth-order valence-electron chi connectivity index (χ4n) is 3.86. The van der Waals surface area contributed by atoms with Gasteiger partial charge in [0.2, 0.25) is 0 Å². The zero-order chi connectivity index (χ0) is 27.1. The first kappa shape index (κ1) is 28.0. The summed E-state index contributed by atoms with van der Waals surface area (Å²) in [6.45, 7) is 1.02. The highest BCUT2D eigenvalue weighted by Crippen LogP contribution is 2.55. The van der Waals surface area contributed by atoms with Gasteiger partial charge in [0, 0.05) is 6.04 Å². The summed E-state index contributed by atoms with van der Waals surface area (Å²) in [5, 5.41) is 18.1. The van der Waals surface area contributed by atoms with Gasteiger partial charge in [-0.3, -0.25) is 9.13 Å². The fourth-order valence-corrected chi connectivity index (χ4v) is 6.62. The fraction of sp³-hybridized carbons (Fsp3) is 0.400. The number of anilines is 1. The number of nitrogens with zero attached hydrogens (tertiary/aromatic N) is 3. The number of aromatic nitrogens is 3. The Balaban J connectivity index is 1.55. The lowest BCUT2D eigenvalue weighted by atomic mass is 10.1. The van der Waals surface area contributed by atoms with Crippen molar-refractivity contribution >= 4 is 43.5 Å². The molecule has 5 N–H and O–H groups in total. The SMILES string of the molecule is C[C@@H](Nc1cc(Cl)nc2c1cnn2[C@@H]1O[C@H](COP(=O)(O)CP(=O)(O)O)[C@@H](O)[C@@H]1F)c1ccc(F)cc1. The van der Waals surface area contributed by atoms with Gasteiger partial charge in [-0.05, 0) is 30.7 Å². The monoisotopic (exact) mass is 582 g/mol. The molecule has 202 valence electrons. The van der Waals surface area contributed by atoms with E-state index in [1.54, 1.807) is 12.1 Å². The Kier molecular flexibility index (Phi) is 8.06. The van der Waals surface area contributed by atoms with Crippen molar-refractivity contribution in [3.63, 3.8) is 0 Å². The Morgan fingerprint density at radius 3 is 2.59 bits per heavy atom. The second kappa shape index (κ2) is 10.6. The summed E-state index contributed by atoms with van der Waals surface area (Å²) in [4.78, 5) is 31.6. The third-order valence-electron chi connectivity index (χ3n) is 5.62. The molecule has 4 rings (SSSR count). The maximum Gasteiger partial charge on any atom is 0.340 e. The number of aliphatic hydroxyl groups is 1. The van der Waals surface area contributed by atoms with Crippen LogP contribution in [0.1, 0.15) is 24.8 Å². The van der Waals surface area contributed by atoms with Crippen LogP contribution in [-0.2, 0) is 18.4 Å². The van der Waals surface area contributed by atoms with Gasteiger partial charge < -0.3 is 34.4 Å². The number of halogens is 3. The highest BCUT2D eigenvalue weighted by atomic mass is 35.5. The highest BCUT2D eigenvalue weighted by molar-refractivity contribution is 7.70. The van der Waals surface area contributed by atoms with Crippen LogP contribution in [0.4, 0.5) is 14.5 Å². The summed E-state index contributed by atoms with van der Waals surface area (Å²) in [5.41, 5.74) is 1.38. The van der Waals surface area contributed by atoms with Crippen LogP contribution in [0.15, 0.2) is 36.5 Å². The summed E-state index contributed by atoms with van der Waals surface area (Å²) in [6, 6.07) is 7.13. The molecule has 1 saturated heterocycles. The van der Waals surface area contributed by atoms with E-state index in [9.17, 15) is 23.5 Å². The molecule has 37 heavy (non-hydrogen) atoms. The van der Waals surface area contributed by atoms with Crippen molar-refractivity contribution in [1.82, 2.24) is 14.8 Å². The maximum absolute atomic E-state index is 15.0. The van der Waals surface area contributed by atoms with Crippen LogP contribution in [0.25, 0.3) is 11.0 Å². The molecule has 2 aromatic heterocycles. The molecular weight excluding hydrogens is 560 g/mol. The summed E-state index contributed by atoms with van der Waals surface area (Å²) in [7, 11) is -9.61. The van der Waals surface area contributed by atoms with Crippen LogP contribution < -0.4 is 5.32 Å². The Hall–Kier alpha value is -1.99. The van der Waals surface area contributed by atoms with Gasteiger partial charge in [0.15, 0.2) is 23.9 Å². The molecule has 0 spiro atoms. The molecule has 1 unspecified atom stereocenters. The number of hydrogen-bond donors (Lipinski definition) is 5. The van der Waals surface area contributed by atoms with E-state index in [0.29, 0.717) is 11.1 Å². The summed E-state index contributed by atoms with van der Waals surface area (Å²) in [5.74, 6) is -1.82. The standard InChI is InChI=1S/C20H23ClF2N4O8P2/c1-10(11-2-4-12(22)5-3-11)25-14-6-16(21)26-19-13(14)7-24-27(19)20-17(23)18(28)15(35-20)8-34-37(32,33)9-36(29,30)31/h2-7,10,15,17-18,20,28H,8-9H2,1H3,(H,25,26)(H,32,33)(H2,29,30,31)/t10-,15-,17+,18-,20-/m1/s1. The Morgan fingerprint density at radius 2 is 1.95 bits per heavy atom. The topological polar surface area (TPSA) is 176 Å². The van der Waals surface area contributed by atoms with Crippen LogP contribution in [0.3, 0.4) is 0 Å². The van der Waals surface area contributed by atoms with E-state index in [0.717, 1.165) is 10.2 Å². The molecule has 0 amide bonds. The molecule has 6 atom stereocenters. The van der Waals surface area contributed by atoms with Crippen molar-refractivity contribution in [3.8, 4) is 0 Å². The molecule has 3 heterocycles. The molecule has 1 fully saturated rings. The van der Waals surface area contributed by atoms with Crippen LogP contribution in [0.5, 0.6) is 0 Å². The quantitative estimate of drug-likeness (QED) is 0.185. The maximum atomic E-state index is 15.0. The van der Waals surface area contributed by atoms with Gasteiger partial charge in [-0.15, -0.1) is 0 Å². The smallest absolute Gasteiger partial charge is 0.340 e. The first-order chi connectivity index (χ1) is 17.2. The van der Waals surface area contributed by atoms with Crippen molar-refractivity contribution in [1.29, 1.82) is 0 Å². The second-order valence-corrected chi connectivity index (χ2v) is 12.9. The van der Waals surface area contributed by atoms with Crippen LogP contribution >= 0.6 is 26.8 Å². The van der Waals surface area contributed by atoms with Gasteiger partial charge in [0.05, 0.1) is 23.9 Å². The van der Waals surface area contributed by atoms with Crippen molar-refractivity contribution < 1.29 is 47.0 Å². The number of pyridine rings is 1. The summed E-state index contributed by atoms with van der Waals surface area (Å²) in [6.07, 6.45) is -5.46. The van der Waals surface area contributed by atoms with Crippen molar-refractivity contribution in [2.45, 2.75) is 37.6 Å². The molecule has 17 heteroatoms. The molecule has 1 aliphatic rings. The van der Waals surface area contributed by atoms with Gasteiger partial charge >= 0.3 is 15.2 Å². The van der Waals surface area contributed by atoms with Crippen molar-refractivity contribution in [3.05, 3.63) is 53.1 Å². The number of benzene rings is 1. The van der Waals surface area contributed by atoms with Gasteiger partial charge in [0.25, 0.3) is 0 Å². The number of hydrogen-bond acceptors (Lipinski definition) is 8. The first-order valence-electron chi connectivity index (χ1n) is 10.8. The number of fused-ring (bicyclic) bond motifs is 1. The lowest BCUT2D eigenvalue weighted by molar-refractivity contribution is -0.0472. The molecular formula is C20H23ClF2N4O8P2. The van der Waals surface area contributed by atoms with Crippen molar-refractivity contribution in [2.24, 2.45) is 0 Å². The number of aliphatic hydroxyl groups excluding tert-OH is 1. The number of nitrogens with one attached hydrogen (secondary N) is 1. The highest BCUT2D eigenvalue weighted by Gasteiger charge is 2.47. The molecule has 1 aliphatic heterocycles. The minimum Gasteiger partial charge on any atom is -0.387 e. The van der Waals surface area contributed by atoms with Gasteiger partial charge in [-0.1, -0.05) is 23.7 Å². The van der Waals surface area contributed by atoms with Gasteiger partial charge in [-0.25, -0.2) is 18.4 Å². The van der Waals surface area contributed by atoms with E-state index >= 15 is 4.39 Å². The lowest BCUT2D eigenvalue weighted by Crippen LogP contribution is -2.31. The molecule has 0 saturated carbocycles. The third kappa shape index (κ3) is 6.54. The Bertz CT molecular complexity index is 1370. The van der Waals surface area contributed by atoms with Crippen LogP contribution in [-0.4, -0.2) is 65.4 Å². The molecule has 0 aliphatic carbocycles. The van der Waals surface area contributed by atoms with Crippen LogP contribution in [0, 0.1) is 5.82 Å². The largest absolute Gasteiger partial charge is 0.387 e. The lowest BCUT2D eigenvalue weighted by Gasteiger charge is -2.18. The molecule has 12 nitrogen and oxygen atoms in total. The van der Waals surface area contributed by atoms with Crippen LogP contribution in [0.2, 0.25) is 5.15 Å². The van der Waals surface area contributed by atoms with Gasteiger partial charge in [0.1, 0.15) is 23.2 Å². The zero-order valence-corrected chi connectivity index (χ0v) is 21.6. The van der Waals surface area contributed by atoms with E-state index in [4.69, 9.17) is 26.1 Å². The molecule has 3 aromatic rings. The molecule has 0 bridgehead atoms. The summed E-state index contributed by atoms with van der Waals surface area (Å²) < 4.78 is 62.4. The first-order valence-corrected chi connectivity index (χ1v) is 14.7. The van der Waals surface area contributed by atoms with E-state index < -0.39 is 52.3 Å². The number of rotatable bonds is 9. The number of ether oxygens (including phenoxy) is 1. The average molecular weight is 583 g/mol. The van der Waals surface area contributed by atoms with E-state index in [1.165, 1.54) is 24.4 Å². The van der Waals surface area contributed by atoms with Gasteiger partial charge in [-0.2, -0.15) is 5.10 Å². The Labute approximate surface area is 213 Å². The number of alkyl halides is 1. The summed E-state index contributed by atoms with van der Waals surface area (Å²) >= 11 is 6.19. The van der Waals surface area contributed by atoms with Crippen molar-refractivity contribution in [2.75, 3.05) is 17.8 Å². The normalized spacial score (nSPS) is 24.8. The predicted molar refractivity (Wildman–Crippen MR) is 128 cm³/mol. The van der Waals surface area contributed by atoms with E-state index in [-0.39, 0.29) is 22.7 Å². The molecule has 1 aromatic carbocycles. The molecule has 0 radical (unpaired) electrons. The average Bonchev–Trinajstić information content (AvgIpc) is 3.32. The second-order valence-electron chi connectivity index (χ2n) is 8.48. The minimum absolute atomic E-state index is 0.0375. The Morgan fingerprint density at radius 1 is 1.27 bits per heavy atom. The van der Waals surface area contributed by atoms with E-state index in [1.807, 2.05) is 6.92 Å². The predicted octanol–water partition coefficient (Wildman–Crippen LogP) is 3.33.